The molecular formula is C15H21NO2. The lowest BCUT2D eigenvalue weighted by Crippen LogP contribution is -2.18. The first kappa shape index (κ1) is 11.8. The van der Waals surface area contributed by atoms with Gasteiger partial charge in [-0.1, -0.05) is 13.0 Å². The molecule has 2 unspecified atom stereocenters. The van der Waals surface area contributed by atoms with Crippen molar-refractivity contribution < 1.29 is 9.47 Å². The summed E-state index contributed by atoms with van der Waals surface area (Å²) >= 11 is 0. The molecule has 0 saturated heterocycles. The number of hydrogen-bond acceptors (Lipinski definition) is 3. The van der Waals surface area contributed by atoms with Crippen LogP contribution in [0.1, 0.15) is 31.4 Å². The number of rotatable bonds is 3. The van der Waals surface area contributed by atoms with Crippen molar-refractivity contribution in [1.29, 1.82) is 0 Å². The second kappa shape index (κ2) is 4.81. The van der Waals surface area contributed by atoms with E-state index in [1.165, 1.54) is 18.4 Å². The van der Waals surface area contributed by atoms with Crippen LogP contribution in [0.4, 0.5) is 0 Å². The van der Waals surface area contributed by atoms with E-state index >= 15 is 0 Å². The summed E-state index contributed by atoms with van der Waals surface area (Å²) in [5, 5.41) is 3.42. The Morgan fingerprint density at radius 2 is 1.89 bits per heavy atom. The predicted octanol–water partition coefficient (Wildman–Crippen LogP) is 2.76. The fourth-order valence-corrected chi connectivity index (χ4v) is 2.57. The Kier molecular flexibility index (Phi) is 3.16. The summed E-state index contributed by atoms with van der Waals surface area (Å²) in [5.41, 5.74) is 1.32. The molecular weight excluding hydrogens is 226 g/mol. The van der Waals surface area contributed by atoms with Crippen LogP contribution in [-0.2, 0) is 0 Å². The minimum Gasteiger partial charge on any atom is -0.489 e. The van der Waals surface area contributed by atoms with E-state index in [-0.39, 0.29) is 0 Å². The Morgan fingerprint density at radius 1 is 1.17 bits per heavy atom. The van der Waals surface area contributed by atoms with Crippen LogP contribution >= 0.6 is 0 Å². The third-order valence-corrected chi connectivity index (χ3v) is 3.78. The van der Waals surface area contributed by atoms with Gasteiger partial charge >= 0.3 is 0 Å². The number of fused-ring (bicyclic) bond motifs is 1. The van der Waals surface area contributed by atoms with E-state index in [4.69, 9.17) is 9.47 Å². The molecule has 1 N–H and O–H groups in total. The lowest BCUT2D eigenvalue weighted by Gasteiger charge is -2.17. The second-order valence-corrected chi connectivity index (χ2v) is 5.54. The van der Waals surface area contributed by atoms with E-state index < -0.39 is 0 Å². The van der Waals surface area contributed by atoms with E-state index in [9.17, 15) is 0 Å². The molecule has 1 aromatic rings. The molecule has 18 heavy (non-hydrogen) atoms. The third-order valence-electron chi connectivity index (χ3n) is 3.78. The molecule has 2 atom stereocenters. The third kappa shape index (κ3) is 2.32. The van der Waals surface area contributed by atoms with Crippen LogP contribution in [0, 0.1) is 11.8 Å². The summed E-state index contributed by atoms with van der Waals surface area (Å²) in [6, 6.07) is 6.82. The molecule has 1 aliphatic heterocycles. The van der Waals surface area contributed by atoms with Gasteiger partial charge in [-0.25, -0.2) is 0 Å². The zero-order valence-corrected chi connectivity index (χ0v) is 11.1. The van der Waals surface area contributed by atoms with Crippen molar-refractivity contribution in [3.63, 3.8) is 0 Å². The molecule has 98 valence electrons. The zero-order valence-electron chi connectivity index (χ0n) is 11.1. The smallest absolute Gasteiger partial charge is 0.161 e. The predicted molar refractivity (Wildman–Crippen MR) is 71.1 cm³/mol. The monoisotopic (exact) mass is 247 g/mol. The van der Waals surface area contributed by atoms with E-state index in [0.717, 1.165) is 30.6 Å². The molecule has 0 spiro atoms. The molecule has 3 heteroatoms. The summed E-state index contributed by atoms with van der Waals surface area (Å²) in [5.74, 6) is 3.02. The molecule has 0 aromatic heterocycles. The Labute approximate surface area is 108 Å². The Morgan fingerprint density at radius 3 is 2.56 bits per heavy atom. The fourth-order valence-electron chi connectivity index (χ4n) is 2.57. The Bertz CT molecular complexity index is 429. The normalized spacial score (nSPS) is 24.4. The minimum atomic E-state index is 0.448. The quantitative estimate of drug-likeness (QED) is 0.891. The molecule has 1 aliphatic carbocycles. The highest BCUT2D eigenvalue weighted by atomic mass is 16.5. The van der Waals surface area contributed by atoms with Gasteiger partial charge in [0.25, 0.3) is 0 Å². The summed E-state index contributed by atoms with van der Waals surface area (Å²) in [6.45, 7) is 3.63. The van der Waals surface area contributed by atoms with Crippen LogP contribution in [0.25, 0.3) is 0 Å². The van der Waals surface area contributed by atoms with Crippen molar-refractivity contribution in [2.24, 2.45) is 11.8 Å². The standard InChI is InChI=1S/C15H21NO2/c1-10-8-17-13-6-5-12(7-14(13)18-9-10)15(16-2)11-3-4-11/h5-7,10-11,15-16H,3-4,8-9H2,1-2H3. The van der Waals surface area contributed by atoms with E-state index in [1.54, 1.807) is 0 Å². The van der Waals surface area contributed by atoms with Crippen LogP contribution < -0.4 is 14.8 Å². The molecule has 1 fully saturated rings. The number of benzene rings is 1. The molecule has 2 aliphatic rings. The number of nitrogens with one attached hydrogen (secondary N) is 1. The van der Waals surface area contributed by atoms with Gasteiger partial charge in [-0.05, 0) is 43.5 Å². The van der Waals surface area contributed by atoms with Crippen LogP contribution in [0.3, 0.4) is 0 Å². The molecule has 3 rings (SSSR count). The van der Waals surface area contributed by atoms with Crippen molar-refractivity contribution >= 4 is 0 Å². The molecule has 0 amide bonds. The van der Waals surface area contributed by atoms with Crippen LogP contribution in [-0.4, -0.2) is 20.3 Å². The van der Waals surface area contributed by atoms with Crippen LogP contribution in [0.5, 0.6) is 11.5 Å². The second-order valence-electron chi connectivity index (χ2n) is 5.54. The van der Waals surface area contributed by atoms with Gasteiger partial charge in [-0.2, -0.15) is 0 Å². The molecule has 0 bridgehead atoms. The first-order valence-corrected chi connectivity index (χ1v) is 6.84. The van der Waals surface area contributed by atoms with Crippen molar-refractivity contribution in [2.75, 3.05) is 20.3 Å². The summed E-state index contributed by atoms with van der Waals surface area (Å²) in [6.07, 6.45) is 2.66. The SMILES string of the molecule is CNC(c1ccc2c(c1)OCC(C)CO2)C1CC1. The largest absolute Gasteiger partial charge is 0.489 e. The maximum absolute atomic E-state index is 5.84. The molecule has 1 aromatic carbocycles. The highest BCUT2D eigenvalue weighted by molar-refractivity contribution is 5.44. The summed E-state index contributed by atoms with van der Waals surface area (Å²) < 4.78 is 11.6. The first-order valence-electron chi connectivity index (χ1n) is 6.84. The van der Waals surface area contributed by atoms with Crippen molar-refractivity contribution in [3.8, 4) is 11.5 Å². The van der Waals surface area contributed by atoms with Gasteiger partial charge in [-0.3, -0.25) is 0 Å². The average Bonchev–Trinajstić information content (AvgIpc) is 3.20. The molecule has 0 radical (unpaired) electrons. The maximum Gasteiger partial charge on any atom is 0.161 e. The highest BCUT2D eigenvalue weighted by Gasteiger charge is 2.31. The lowest BCUT2D eigenvalue weighted by atomic mass is 10.0. The Hall–Kier alpha value is -1.22. The molecule has 1 heterocycles. The van der Waals surface area contributed by atoms with Crippen LogP contribution in [0.2, 0.25) is 0 Å². The average molecular weight is 247 g/mol. The number of ether oxygens (including phenoxy) is 2. The Balaban J connectivity index is 1.85. The van der Waals surface area contributed by atoms with Gasteiger partial charge in [-0.15, -0.1) is 0 Å². The van der Waals surface area contributed by atoms with Crippen molar-refractivity contribution in [2.45, 2.75) is 25.8 Å². The minimum absolute atomic E-state index is 0.448. The van der Waals surface area contributed by atoms with Gasteiger partial charge in [0.2, 0.25) is 0 Å². The van der Waals surface area contributed by atoms with Gasteiger partial charge in [0.1, 0.15) is 0 Å². The van der Waals surface area contributed by atoms with Gasteiger partial charge in [0, 0.05) is 12.0 Å². The van der Waals surface area contributed by atoms with Crippen molar-refractivity contribution in [1.82, 2.24) is 5.32 Å². The number of hydrogen-bond donors (Lipinski definition) is 1. The van der Waals surface area contributed by atoms with E-state index in [0.29, 0.717) is 12.0 Å². The fraction of sp³-hybridized carbons (Fsp3) is 0.600. The molecule has 3 nitrogen and oxygen atoms in total. The van der Waals surface area contributed by atoms with Crippen LogP contribution in [0.15, 0.2) is 18.2 Å². The summed E-state index contributed by atoms with van der Waals surface area (Å²) in [4.78, 5) is 0. The van der Waals surface area contributed by atoms with E-state index in [2.05, 4.69) is 30.4 Å². The summed E-state index contributed by atoms with van der Waals surface area (Å²) in [7, 11) is 2.04. The lowest BCUT2D eigenvalue weighted by molar-refractivity contribution is 0.228. The zero-order chi connectivity index (χ0) is 12.5. The highest BCUT2D eigenvalue weighted by Crippen LogP contribution is 2.43. The topological polar surface area (TPSA) is 30.5 Å². The van der Waals surface area contributed by atoms with Crippen molar-refractivity contribution in [3.05, 3.63) is 23.8 Å². The first-order chi connectivity index (χ1) is 8.78. The maximum atomic E-state index is 5.84. The van der Waals surface area contributed by atoms with Gasteiger partial charge < -0.3 is 14.8 Å². The van der Waals surface area contributed by atoms with Gasteiger partial charge in [0.15, 0.2) is 11.5 Å². The van der Waals surface area contributed by atoms with Gasteiger partial charge in [0.05, 0.1) is 13.2 Å². The molecule has 1 saturated carbocycles. The van der Waals surface area contributed by atoms with E-state index in [1.807, 2.05) is 7.05 Å².